The minimum Gasteiger partial charge on any atom is -0.493 e. The van der Waals surface area contributed by atoms with Gasteiger partial charge in [-0.05, 0) is 56.5 Å². The van der Waals surface area contributed by atoms with E-state index in [1.807, 2.05) is 53.4 Å². The predicted molar refractivity (Wildman–Crippen MR) is 120 cm³/mol. The zero-order valence-corrected chi connectivity index (χ0v) is 18.3. The van der Waals surface area contributed by atoms with Crippen molar-refractivity contribution in [2.45, 2.75) is 38.6 Å². The Bertz CT molecular complexity index is 850. The molecule has 2 heterocycles. The van der Waals surface area contributed by atoms with Crippen molar-refractivity contribution in [1.82, 2.24) is 9.80 Å². The van der Waals surface area contributed by atoms with E-state index < -0.39 is 0 Å². The fraction of sp³-hybridized carbons (Fsp3) is 0.480. The Kier molecular flexibility index (Phi) is 7.30. The summed E-state index contributed by atoms with van der Waals surface area (Å²) in [6, 6.07) is 15.8. The highest BCUT2D eigenvalue weighted by atomic mass is 16.7. The highest BCUT2D eigenvalue weighted by Gasteiger charge is 2.27. The second-order valence-electron chi connectivity index (χ2n) is 8.14. The number of fused-ring (bicyclic) bond motifs is 1. The van der Waals surface area contributed by atoms with E-state index >= 15 is 0 Å². The molecule has 0 N–H and O–H groups in total. The van der Waals surface area contributed by atoms with Crippen molar-refractivity contribution in [1.29, 1.82) is 0 Å². The third-order valence-electron chi connectivity index (χ3n) is 6.00. The van der Waals surface area contributed by atoms with Gasteiger partial charge in [-0.3, -0.25) is 4.79 Å². The molecule has 0 aliphatic carbocycles. The van der Waals surface area contributed by atoms with Crippen molar-refractivity contribution < 1.29 is 19.0 Å². The highest BCUT2D eigenvalue weighted by molar-refractivity contribution is 5.94. The van der Waals surface area contributed by atoms with Crippen molar-refractivity contribution in [2.75, 3.05) is 39.6 Å². The minimum absolute atomic E-state index is 0.151. The fourth-order valence-electron chi connectivity index (χ4n) is 4.39. The summed E-state index contributed by atoms with van der Waals surface area (Å²) < 4.78 is 16.7. The summed E-state index contributed by atoms with van der Waals surface area (Å²) in [5.41, 5.74) is 0.784. The van der Waals surface area contributed by atoms with Crippen LogP contribution in [0.25, 0.3) is 0 Å². The number of ether oxygens (including phenoxy) is 3. The van der Waals surface area contributed by atoms with E-state index in [4.69, 9.17) is 14.2 Å². The molecule has 0 radical (unpaired) electrons. The molecule has 2 aromatic carbocycles. The number of hydrogen-bond donors (Lipinski definition) is 0. The molecular weight excluding hydrogens is 392 g/mol. The molecule has 0 unspecified atom stereocenters. The average Bonchev–Trinajstić information content (AvgIpc) is 3.29. The second kappa shape index (κ2) is 10.5. The van der Waals surface area contributed by atoms with Gasteiger partial charge in [-0.25, -0.2) is 0 Å². The van der Waals surface area contributed by atoms with Gasteiger partial charge in [-0.1, -0.05) is 25.1 Å². The Morgan fingerprint density at radius 1 is 1.06 bits per heavy atom. The molecule has 2 aliphatic heterocycles. The number of likely N-dealkylation sites (tertiary alicyclic amines) is 1. The molecule has 6 heteroatoms. The third-order valence-corrected chi connectivity index (χ3v) is 6.00. The molecule has 166 valence electrons. The number of carbonyl (C=O) groups excluding carboxylic acids is 1. The first kappa shape index (κ1) is 21.5. The number of amides is 1. The Labute approximate surface area is 184 Å². The number of hydrogen-bond acceptors (Lipinski definition) is 5. The summed E-state index contributed by atoms with van der Waals surface area (Å²) >= 11 is 0. The Morgan fingerprint density at radius 2 is 1.84 bits per heavy atom. The maximum Gasteiger partial charge on any atom is 0.253 e. The zero-order valence-electron chi connectivity index (χ0n) is 18.3. The molecule has 6 nitrogen and oxygen atoms in total. The molecule has 4 rings (SSSR count). The van der Waals surface area contributed by atoms with Crippen LogP contribution in [0.1, 0.15) is 43.0 Å². The van der Waals surface area contributed by atoms with Crippen LogP contribution >= 0.6 is 0 Å². The molecule has 0 bridgehead atoms. The smallest absolute Gasteiger partial charge is 0.253 e. The fourth-order valence-corrected chi connectivity index (χ4v) is 4.39. The van der Waals surface area contributed by atoms with Crippen LogP contribution in [-0.2, 0) is 0 Å². The van der Waals surface area contributed by atoms with Crippen LogP contribution in [0, 0.1) is 0 Å². The number of benzene rings is 2. The topological polar surface area (TPSA) is 51.2 Å². The van der Waals surface area contributed by atoms with Gasteiger partial charge in [0.1, 0.15) is 5.75 Å². The van der Waals surface area contributed by atoms with Crippen LogP contribution in [-0.4, -0.2) is 61.3 Å². The number of carbonyl (C=O) groups is 1. The van der Waals surface area contributed by atoms with Gasteiger partial charge in [0, 0.05) is 37.3 Å². The maximum absolute atomic E-state index is 12.7. The van der Waals surface area contributed by atoms with Gasteiger partial charge >= 0.3 is 0 Å². The van der Waals surface area contributed by atoms with E-state index in [0.717, 1.165) is 74.7 Å². The first-order valence-corrected chi connectivity index (χ1v) is 11.4. The molecule has 31 heavy (non-hydrogen) atoms. The van der Waals surface area contributed by atoms with E-state index in [1.165, 1.54) is 0 Å². The molecule has 1 fully saturated rings. The normalized spacial score (nSPS) is 16.0. The lowest BCUT2D eigenvalue weighted by Crippen LogP contribution is -2.47. The maximum atomic E-state index is 12.7. The molecule has 2 aromatic rings. The SMILES string of the molecule is CCCN(CCCOc1ccc2c(c1)OCO2)C1CCN(C(=O)c2ccccc2)CC1. The summed E-state index contributed by atoms with van der Waals surface area (Å²) in [6.07, 6.45) is 4.16. The van der Waals surface area contributed by atoms with Crippen LogP contribution in [0.4, 0.5) is 0 Å². The van der Waals surface area contributed by atoms with Gasteiger partial charge in [0.2, 0.25) is 6.79 Å². The Balaban J connectivity index is 1.22. The monoisotopic (exact) mass is 424 g/mol. The first-order valence-electron chi connectivity index (χ1n) is 11.4. The molecule has 1 amide bonds. The Hall–Kier alpha value is -2.73. The molecule has 0 saturated carbocycles. The van der Waals surface area contributed by atoms with Crippen molar-refractivity contribution in [3.05, 3.63) is 54.1 Å². The molecule has 0 aromatic heterocycles. The number of rotatable bonds is 9. The van der Waals surface area contributed by atoms with Crippen molar-refractivity contribution in [3.8, 4) is 17.2 Å². The summed E-state index contributed by atoms with van der Waals surface area (Å²) in [7, 11) is 0. The van der Waals surface area contributed by atoms with E-state index in [0.29, 0.717) is 12.6 Å². The first-order chi connectivity index (χ1) is 15.2. The van der Waals surface area contributed by atoms with E-state index in [2.05, 4.69) is 11.8 Å². The van der Waals surface area contributed by atoms with Crippen LogP contribution < -0.4 is 14.2 Å². The Morgan fingerprint density at radius 3 is 2.61 bits per heavy atom. The molecule has 1 saturated heterocycles. The van der Waals surface area contributed by atoms with Gasteiger partial charge in [-0.15, -0.1) is 0 Å². The number of piperidine rings is 1. The minimum atomic E-state index is 0.151. The molecule has 0 spiro atoms. The quantitative estimate of drug-likeness (QED) is 0.565. The van der Waals surface area contributed by atoms with E-state index in [-0.39, 0.29) is 12.7 Å². The van der Waals surface area contributed by atoms with Crippen molar-refractivity contribution >= 4 is 5.91 Å². The summed E-state index contributed by atoms with van der Waals surface area (Å²) in [5, 5.41) is 0. The second-order valence-corrected chi connectivity index (χ2v) is 8.14. The molecule has 0 atom stereocenters. The van der Waals surface area contributed by atoms with Gasteiger partial charge in [0.25, 0.3) is 5.91 Å². The van der Waals surface area contributed by atoms with Crippen LogP contribution in [0.2, 0.25) is 0 Å². The molecular formula is C25H32N2O4. The highest BCUT2D eigenvalue weighted by Crippen LogP contribution is 2.35. The van der Waals surface area contributed by atoms with Crippen molar-refractivity contribution in [3.63, 3.8) is 0 Å². The average molecular weight is 425 g/mol. The lowest BCUT2D eigenvalue weighted by molar-refractivity contribution is 0.0611. The van der Waals surface area contributed by atoms with Gasteiger partial charge in [-0.2, -0.15) is 0 Å². The third kappa shape index (κ3) is 5.50. The lowest BCUT2D eigenvalue weighted by Gasteiger charge is -2.38. The van der Waals surface area contributed by atoms with Crippen LogP contribution in [0.15, 0.2) is 48.5 Å². The number of nitrogens with zero attached hydrogens (tertiary/aromatic N) is 2. The van der Waals surface area contributed by atoms with Gasteiger partial charge in [0.05, 0.1) is 6.61 Å². The molecule has 2 aliphatic rings. The zero-order chi connectivity index (χ0) is 21.5. The standard InChI is InChI=1S/C25H32N2O4/c1-2-13-26(14-6-17-29-22-9-10-23-24(18-22)31-19-30-23)21-11-15-27(16-12-21)25(28)20-7-4-3-5-8-20/h3-5,7-10,18,21H,2,6,11-17,19H2,1H3. The van der Waals surface area contributed by atoms with E-state index in [9.17, 15) is 4.79 Å². The van der Waals surface area contributed by atoms with Crippen molar-refractivity contribution in [2.24, 2.45) is 0 Å². The summed E-state index contributed by atoms with van der Waals surface area (Å²) in [5.74, 6) is 2.50. The van der Waals surface area contributed by atoms with Crippen LogP contribution in [0.3, 0.4) is 0 Å². The summed E-state index contributed by atoms with van der Waals surface area (Å²) in [4.78, 5) is 17.3. The lowest BCUT2D eigenvalue weighted by atomic mass is 10.0. The van der Waals surface area contributed by atoms with E-state index in [1.54, 1.807) is 0 Å². The van der Waals surface area contributed by atoms with Gasteiger partial charge < -0.3 is 24.0 Å². The summed E-state index contributed by atoms with van der Waals surface area (Å²) in [6.45, 7) is 6.92. The van der Waals surface area contributed by atoms with Crippen LogP contribution in [0.5, 0.6) is 17.2 Å². The predicted octanol–water partition coefficient (Wildman–Crippen LogP) is 4.20. The van der Waals surface area contributed by atoms with Gasteiger partial charge in [0.15, 0.2) is 11.5 Å². The largest absolute Gasteiger partial charge is 0.493 e.